The molecule has 0 bridgehead atoms. The lowest BCUT2D eigenvalue weighted by Crippen LogP contribution is -2.52. The minimum absolute atomic E-state index is 0.00369. The summed E-state index contributed by atoms with van der Waals surface area (Å²) in [6.07, 6.45) is 1.57. The monoisotopic (exact) mass is 331 g/mol. The minimum atomic E-state index is -0.609. The highest BCUT2D eigenvalue weighted by Gasteiger charge is 2.27. The largest absolute Gasteiger partial charge is 0.339 e. The van der Waals surface area contributed by atoms with Gasteiger partial charge in [0.2, 0.25) is 5.91 Å². The first-order valence-corrected chi connectivity index (χ1v) is 8.44. The van der Waals surface area contributed by atoms with Crippen molar-refractivity contribution in [1.82, 2.24) is 9.80 Å². The van der Waals surface area contributed by atoms with Crippen LogP contribution in [-0.2, 0) is 27.2 Å². The van der Waals surface area contributed by atoms with E-state index in [0.717, 1.165) is 29.7 Å². The van der Waals surface area contributed by atoms with Crippen LogP contribution in [0.3, 0.4) is 0 Å². The Morgan fingerprint density at radius 1 is 0.958 bits per heavy atom. The summed E-state index contributed by atoms with van der Waals surface area (Å²) in [5.41, 5.74) is 2.80. The molecule has 1 aromatic carbocycles. The van der Waals surface area contributed by atoms with Gasteiger partial charge < -0.3 is 15.1 Å². The lowest BCUT2D eigenvalue weighted by atomic mass is 10.0. The van der Waals surface area contributed by atoms with Gasteiger partial charge in [0.25, 0.3) is 0 Å². The first kappa shape index (κ1) is 18.0. The van der Waals surface area contributed by atoms with Gasteiger partial charge in [0, 0.05) is 38.8 Å². The number of amides is 3. The zero-order valence-electron chi connectivity index (χ0n) is 14.6. The third-order valence-electron chi connectivity index (χ3n) is 4.44. The van der Waals surface area contributed by atoms with Gasteiger partial charge in [-0.3, -0.25) is 14.4 Å². The molecule has 0 radical (unpaired) electrons. The summed E-state index contributed by atoms with van der Waals surface area (Å²) in [6.45, 7) is 7.28. The number of aryl methyl sites for hydroxylation is 2. The second kappa shape index (κ2) is 7.95. The molecule has 2 rings (SSSR count). The van der Waals surface area contributed by atoms with Gasteiger partial charge in [0.15, 0.2) is 0 Å². The molecule has 0 saturated carbocycles. The van der Waals surface area contributed by atoms with Crippen LogP contribution in [0.5, 0.6) is 0 Å². The molecule has 6 heteroatoms. The fourth-order valence-electron chi connectivity index (χ4n) is 2.94. The predicted octanol–water partition coefficient (Wildman–Crippen LogP) is 1.44. The molecular weight excluding hydrogens is 306 g/mol. The van der Waals surface area contributed by atoms with E-state index in [4.69, 9.17) is 0 Å². The first-order valence-electron chi connectivity index (χ1n) is 8.44. The van der Waals surface area contributed by atoms with Crippen molar-refractivity contribution in [2.75, 3.05) is 31.5 Å². The first-order chi connectivity index (χ1) is 11.5. The van der Waals surface area contributed by atoms with E-state index < -0.39 is 11.8 Å². The Morgan fingerprint density at radius 2 is 1.46 bits per heavy atom. The highest BCUT2D eigenvalue weighted by molar-refractivity contribution is 6.39. The number of nitrogens with one attached hydrogen (secondary N) is 1. The van der Waals surface area contributed by atoms with Crippen molar-refractivity contribution in [2.24, 2.45) is 0 Å². The molecule has 0 aliphatic carbocycles. The van der Waals surface area contributed by atoms with Gasteiger partial charge in [0.1, 0.15) is 0 Å². The van der Waals surface area contributed by atoms with E-state index in [9.17, 15) is 14.4 Å². The van der Waals surface area contributed by atoms with Gasteiger partial charge in [-0.2, -0.15) is 0 Å². The summed E-state index contributed by atoms with van der Waals surface area (Å²) in [5.74, 6) is -1.15. The molecule has 0 unspecified atom stereocenters. The van der Waals surface area contributed by atoms with Gasteiger partial charge in [-0.15, -0.1) is 0 Å². The molecule has 1 heterocycles. The van der Waals surface area contributed by atoms with E-state index >= 15 is 0 Å². The lowest BCUT2D eigenvalue weighted by molar-refractivity contribution is -0.145. The zero-order valence-corrected chi connectivity index (χ0v) is 14.6. The Balaban J connectivity index is 2.05. The second-order valence-corrected chi connectivity index (χ2v) is 5.91. The molecule has 1 aromatic rings. The summed E-state index contributed by atoms with van der Waals surface area (Å²) in [4.78, 5) is 39.3. The number of hydrogen-bond acceptors (Lipinski definition) is 3. The topological polar surface area (TPSA) is 69.7 Å². The maximum atomic E-state index is 12.4. The molecule has 0 spiro atoms. The second-order valence-electron chi connectivity index (χ2n) is 5.91. The van der Waals surface area contributed by atoms with Crippen LogP contribution in [0.1, 0.15) is 31.9 Å². The van der Waals surface area contributed by atoms with Gasteiger partial charge in [-0.05, 0) is 24.0 Å². The number of rotatable bonds is 3. The third kappa shape index (κ3) is 3.93. The van der Waals surface area contributed by atoms with Gasteiger partial charge >= 0.3 is 11.8 Å². The van der Waals surface area contributed by atoms with Crippen molar-refractivity contribution < 1.29 is 14.4 Å². The van der Waals surface area contributed by atoms with E-state index in [2.05, 4.69) is 5.32 Å². The molecule has 0 aromatic heterocycles. The molecule has 3 amide bonds. The lowest BCUT2D eigenvalue weighted by Gasteiger charge is -2.33. The third-order valence-corrected chi connectivity index (χ3v) is 4.44. The maximum Gasteiger partial charge on any atom is 0.313 e. The van der Waals surface area contributed by atoms with Crippen molar-refractivity contribution in [3.05, 3.63) is 29.3 Å². The van der Waals surface area contributed by atoms with Crippen molar-refractivity contribution >= 4 is 23.4 Å². The molecule has 130 valence electrons. The van der Waals surface area contributed by atoms with Gasteiger partial charge in [-0.1, -0.05) is 32.0 Å². The summed E-state index contributed by atoms with van der Waals surface area (Å²) < 4.78 is 0. The van der Waals surface area contributed by atoms with Crippen molar-refractivity contribution in [2.45, 2.75) is 33.6 Å². The van der Waals surface area contributed by atoms with Crippen LogP contribution < -0.4 is 5.32 Å². The summed E-state index contributed by atoms with van der Waals surface area (Å²) in [5, 5.41) is 2.80. The molecule has 1 N–H and O–H groups in total. The number of para-hydroxylation sites is 1. The van der Waals surface area contributed by atoms with Crippen LogP contribution in [0.4, 0.5) is 5.69 Å². The Bertz CT molecular complexity index is 612. The quantitative estimate of drug-likeness (QED) is 0.852. The summed E-state index contributed by atoms with van der Waals surface area (Å²) >= 11 is 0. The van der Waals surface area contributed by atoms with Crippen LogP contribution >= 0.6 is 0 Å². The van der Waals surface area contributed by atoms with E-state index in [0.29, 0.717) is 26.2 Å². The van der Waals surface area contributed by atoms with Crippen molar-refractivity contribution in [3.63, 3.8) is 0 Å². The van der Waals surface area contributed by atoms with Crippen molar-refractivity contribution in [1.29, 1.82) is 0 Å². The Morgan fingerprint density at radius 3 is 1.92 bits per heavy atom. The van der Waals surface area contributed by atoms with Crippen LogP contribution in [0.2, 0.25) is 0 Å². The van der Waals surface area contributed by atoms with Gasteiger partial charge in [0.05, 0.1) is 0 Å². The standard InChI is InChI=1S/C18H25N3O3/c1-4-14-7-6-8-15(5-2)16(14)19-17(23)18(24)21-11-9-20(10-12-21)13(3)22/h6-8H,4-5,9-12H2,1-3H3,(H,19,23). The normalized spacial score (nSPS) is 14.5. The van der Waals surface area contributed by atoms with Gasteiger partial charge in [-0.25, -0.2) is 0 Å². The van der Waals surface area contributed by atoms with E-state index in [1.54, 1.807) is 4.90 Å². The highest BCUT2D eigenvalue weighted by atomic mass is 16.2. The van der Waals surface area contributed by atoms with Crippen LogP contribution in [0.15, 0.2) is 18.2 Å². The average molecular weight is 331 g/mol. The highest BCUT2D eigenvalue weighted by Crippen LogP contribution is 2.22. The smallest absolute Gasteiger partial charge is 0.313 e. The number of piperazine rings is 1. The minimum Gasteiger partial charge on any atom is -0.339 e. The Hall–Kier alpha value is -2.37. The molecule has 24 heavy (non-hydrogen) atoms. The molecular formula is C18H25N3O3. The molecule has 1 fully saturated rings. The molecule has 1 aliphatic heterocycles. The zero-order chi connectivity index (χ0) is 17.7. The molecule has 6 nitrogen and oxygen atoms in total. The maximum absolute atomic E-state index is 12.4. The fourth-order valence-corrected chi connectivity index (χ4v) is 2.94. The van der Waals surface area contributed by atoms with Crippen LogP contribution in [0.25, 0.3) is 0 Å². The number of carbonyl (C=O) groups is 3. The molecule has 0 atom stereocenters. The SMILES string of the molecule is CCc1cccc(CC)c1NC(=O)C(=O)N1CCN(C(C)=O)CC1. The molecule has 1 saturated heterocycles. The average Bonchev–Trinajstić information content (AvgIpc) is 2.61. The fraction of sp³-hybridized carbons (Fsp3) is 0.500. The molecule has 1 aliphatic rings. The Kier molecular flexibility index (Phi) is 5.95. The summed E-state index contributed by atoms with van der Waals surface area (Å²) in [6, 6.07) is 5.89. The summed E-state index contributed by atoms with van der Waals surface area (Å²) in [7, 11) is 0. The van der Waals surface area contributed by atoms with Crippen LogP contribution in [-0.4, -0.2) is 53.7 Å². The number of nitrogens with zero attached hydrogens (tertiary/aromatic N) is 2. The van der Waals surface area contributed by atoms with Crippen LogP contribution in [0, 0.1) is 0 Å². The van der Waals surface area contributed by atoms with E-state index in [-0.39, 0.29) is 5.91 Å². The number of carbonyl (C=O) groups excluding carboxylic acids is 3. The van der Waals surface area contributed by atoms with E-state index in [1.807, 2.05) is 32.0 Å². The number of hydrogen-bond donors (Lipinski definition) is 1. The van der Waals surface area contributed by atoms with E-state index in [1.165, 1.54) is 11.8 Å². The van der Waals surface area contributed by atoms with Crippen molar-refractivity contribution in [3.8, 4) is 0 Å². The number of anilines is 1. The Labute approximate surface area is 142 Å². The number of benzene rings is 1. The predicted molar refractivity (Wildman–Crippen MR) is 92.7 cm³/mol.